The maximum absolute atomic E-state index is 13.1. The van der Waals surface area contributed by atoms with Crippen LogP contribution in [0.2, 0.25) is 0 Å². The molecule has 132 valence electrons. The van der Waals surface area contributed by atoms with Gasteiger partial charge in [0.05, 0.1) is 12.8 Å². The van der Waals surface area contributed by atoms with Gasteiger partial charge >= 0.3 is 0 Å². The predicted octanol–water partition coefficient (Wildman–Crippen LogP) is 3.36. The van der Waals surface area contributed by atoms with Crippen LogP contribution < -0.4 is 9.47 Å². The number of hydrogen-bond donors (Lipinski definition) is 0. The number of rotatable bonds is 5. The maximum Gasteiger partial charge on any atom is 0.212 e. The van der Waals surface area contributed by atoms with Gasteiger partial charge in [0.15, 0.2) is 5.82 Å². The Hall–Kier alpha value is -2.87. The molecular formula is C18H15FN4O2S. The smallest absolute Gasteiger partial charge is 0.212 e. The topological polar surface area (TPSA) is 61.5 Å². The lowest BCUT2D eigenvalue weighted by Gasteiger charge is -2.14. The summed E-state index contributed by atoms with van der Waals surface area (Å²) in [6.45, 7) is 0.236. The second-order valence-corrected chi connectivity index (χ2v) is 6.46. The van der Waals surface area contributed by atoms with Crippen LogP contribution >= 0.6 is 11.8 Å². The molecule has 2 heterocycles. The van der Waals surface area contributed by atoms with E-state index in [9.17, 15) is 4.39 Å². The second-order valence-electron chi connectivity index (χ2n) is 5.52. The highest BCUT2D eigenvalue weighted by Gasteiger charge is 2.20. The summed E-state index contributed by atoms with van der Waals surface area (Å²) in [4.78, 5) is 0. The molecule has 2 aromatic carbocycles. The summed E-state index contributed by atoms with van der Waals surface area (Å²) in [5.74, 6) is 2.46. The van der Waals surface area contributed by atoms with E-state index in [0.717, 1.165) is 17.0 Å². The van der Waals surface area contributed by atoms with Crippen LogP contribution in [0.1, 0.15) is 11.4 Å². The fourth-order valence-corrected chi connectivity index (χ4v) is 3.32. The van der Waals surface area contributed by atoms with E-state index in [1.165, 1.54) is 23.9 Å². The van der Waals surface area contributed by atoms with Crippen LogP contribution in [0, 0.1) is 5.82 Å². The number of thioether (sulfide) groups is 1. The number of fused-ring (bicyclic) bond motifs is 1. The first-order valence-corrected chi connectivity index (χ1v) is 8.89. The van der Waals surface area contributed by atoms with E-state index in [1.54, 1.807) is 23.9 Å². The van der Waals surface area contributed by atoms with Gasteiger partial charge in [-0.05, 0) is 42.0 Å². The molecule has 1 aliphatic heterocycles. The third-order valence-electron chi connectivity index (χ3n) is 3.84. The van der Waals surface area contributed by atoms with Crippen molar-refractivity contribution >= 4 is 17.5 Å². The monoisotopic (exact) mass is 370 g/mol. The Kier molecular flexibility index (Phi) is 4.57. The highest BCUT2D eigenvalue weighted by atomic mass is 32.2. The lowest BCUT2D eigenvalue weighted by Crippen LogP contribution is -2.15. The molecule has 0 N–H and O–H groups in total. The van der Waals surface area contributed by atoms with E-state index in [1.807, 2.05) is 24.3 Å². The number of nitrogens with zero attached hydrogens (tertiary/aromatic N) is 4. The quantitative estimate of drug-likeness (QED) is 0.689. The summed E-state index contributed by atoms with van der Waals surface area (Å²) in [6, 6.07) is 13.6. The zero-order chi connectivity index (χ0) is 17.9. The molecule has 0 saturated heterocycles. The maximum atomic E-state index is 13.1. The number of benzene rings is 2. The van der Waals surface area contributed by atoms with Crippen molar-refractivity contribution in [3.05, 3.63) is 65.7 Å². The van der Waals surface area contributed by atoms with E-state index >= 15 is 0 Å². The number of ether oxygens (including phenoxy) is 2. The Morgan fingerprint density at radius 2 is 1.77 bits per heavy atom. The Bertz CT molecular complexity index is 939. The van der Waals surface area contributed by atoms with E-state index < -0.39 is 0 Å². The fraction of sp³-hybridized carbons (Fsp3) is 0.167. The molecule has 0 fully saturated rings. The number of methoxy groups -OCH3 is 1. The van der Waals surface area contributed by atoms with Gasteiger partial charge in [-0.15, -0.1) is 10.2 Å². The normalized spacial score (nSPS) is 13.1. The van der Waals surface area contributed by atoms with Crippen LogP contribution in [0.4, 0.5) is 4.39 Å². The van der Waals surface area contributed by atoms with E-state index in [4.69, 9.17) is 9.47 Å². The summed E-state index contributed by atoms with van der Waals surface area (Å²) in [6.07, 6.45) is 0. The first kappa shape index (κ1) is 16.6. The number of hydrogen-bond acceptors (Lipinski definition) is 6. The van der Waals surface area contributed by atoms with E-state index in [-0.39, 0.29) is 12.4 Å². The Labute approximate surface area is 153 Å². The van der Waals surface area contributed by atoms with Gasteiger partial charge in [-0.25, -0.2) is 4.39 Å². The van der Waals surface area contributed by atoms with Crippen molar-refractivity contribution in [3.8, 4) is 11.5 Å². The molecule has 0 radical (unpaired) electrons. The van der Waals surface area contributed by atoms with Gasteiger partial charge in [0.25, 0.3) is 0 Å². The molecular weight excluding hydrogens is 355 g/mol. The van der Waals surface area contributed by atoms with Crippen LogP contribution in [0.15, 0.2) is 58.8 Å². The lowest BCUT2D eigenvalue weighted by atomic mass is 10.1. The third kappa shape index (κ3) is 3.41. The highest BCUT2D eigenvalue weighted by molar-refractivity contribution is 7.99. The van der Waals surface area contributed by atoms with Crippen molar-refractivity contribution in [2.24, 2.45) is 5.10 Å². The summed E-state index contributed by atoms with van der Waals surface area (Å²) >= 11 is 1.54. The number of halogens is 1. The van der Waals surface area contributed by atoms with Crippen LogP contribution in [0.5, 0.6) is 11.5 Å². The van der Waals surface area contributed by atoms with Gasteiger partial charge in [0, 0.05) is 5.75 Å². The standard InChI is InChI=1S/C18H15FN4O2S/c1-24-14-6-8-15(9-7-14)25-10-17-20-21-18-23(17)22-16(11-26-18)12-2-4-13(19)5-3-12/h2-9H,10-11H2,1H3. The van der Waals surface area contributed by atoms with Gasteiger partial charge in [-0.1, -0.05) is 23.9 Å². The molecule has 26 heavy (non-hydrogen) atoms. The molecule has 0 amide bonds. The average molecular weight is 370 g/mol. The SMILES string of the molecule is COc1ccc(OCc2nnc3n2N=C(c2ccc(F)cc2)CS3)cc1. The summed E-state index contributed by atoms with van der Waals surface area (Å²) in [5, 5.41) is 13.6. The van der Waals surface area contributed by atoms with Crippen LogP contribution in [0.25, 0.3) is 0 Å². The van der Waals surface area contributed by atoms with Crippen molar-refractivity contribution in [1.29, 1.82) is 0 Å². The summed E-state index contributed by atoms with van der Waals surface area (Å²) < 4.78 is 25.7. The minimum Gasteiger partial charge on any atom is -0.497 e. The van der Waals surface area contributed by atoms with Gasteiger partial charge < -0.3 is 9.47 Å². The van der Waals surface area contributed by atoms with Crippen molar-refractivity contribution < 1.29 is 13.9 Å². The molecule has 0 atom stereocenters. The number of aromatic nitrogens is 3. The molecule has 6 nitrogen and oxygen atoms in total. The minimum absolute atomic E-state index is 0.236. The fourth-order valence-electron chi connectivity index (χ4n) is 2.46. The first-order valence-electron chi connectivity index (χ1n) is 7.90. The molecule has 0 aliphatic carbocycles. The molecule has 0 bridgehead atoms. The van der Waals surface area contributed by atoms with E-state index in [0.29, 0.717) is 22.5 Å². The zero-order valence-electron chi connectivity index (χ0n) is 13.9. The third-order valence-corrected chi connectivity index (χ3v) is 4.77. The molecule has 8 heteroatoms. The summed E-state index contributed by atoms with van der Waals surface area (Å²) in [7, 11) is 1.62. The van der Waals surface area contributed by atoms with Crippen molar-refractivity contribution in [2.45, 2.75) is 11.8 Å². The molecule has 1 aromatic heterocycles. The Morgan fingerprint density at radius 3 is 2.50 bits per heavy atom. The van der Waals surface area contributed by atoms with Gasteiger partial charge in [-0.2, -0.15) is 9.78 Å². The lowest BCUT2D eigenvalue weighted by molar-refractivity contribution is 0.289. The van der Waals surface area contributed by atoms with Crippen molar-refractivity contribution in [3.63, 3.8) is 0 Å². The molecule has 0 saturated carbocycles. The second kappa shape index (κ2) is 7.17. The van der Waals surface area contributed by atoms with Gasteiger partial charge in [0.2, 0.25) is 5.16 Å². The first-order chi connectivity index (χ1) is 12.7. The van der Waals surface area contributed by atoms with Crippen molar-refractivity contribution in [2.75, 3.05) is 12.9 Å². The zero-order valence-corrected chi connectivity index (χ0v) is 14.7. The van der Waals surface area contributed by atoms with Gasteiger partial charge in [0.1, 0.15) is 23.9 Å². The molecule has 0 spiro atoms. The van der Waals surface area contributed by atoms with Crippen LogP contribution in [0.3, 0.4) is 0 Å². The van der Waals surface area contributed by atoms with Gasteiger partial charge in [-0.3, -0.25) is 0 Å². The molecule has 0 unspecified atom stereocenters. The van der Waals surface area contributed by atoms with E-state index in [2.05, 4.69) is 15.3 Å². The Morgan fingerprint density at radius 1 is 1.04 bits per heavy atom. The molecule has 4 rings (SSSR count). The highest BCUT2D eigenvalue weighted by Crippen LogP contribution is 2.25. The van der Waals surface area contributed by atoms with Crippen LogP contribution in [-0.4, -0.2) is 33.4 Å². The predicted molar refractivity (Wildman–Crippen MR) is 96.4 cm³/mol. The molecule has 3 aromatic rings. The van der Waals surface area contributed by atoms with Crippen LogP contribution in [-0.2, 0) is 6.61 Å². The average Bonchev–Trinajstić information content (AvgIpc) is 3.09. The largest absolute Gasteiger partial charge is 0.497 e. The minimum atomic E-state index is -0.267. The molecule has 1 aliphatic rings. The Balaban J connectivity index is 1.53. The summed E-state index contributed by atoms with van der Waals surface area (Å²) in [5.41, 5.74) is 1.72. The van der Waals surface area contributed by atoms with Crippen molar-refractivity contribution in [1.82, 2.24) is 14.9 Å².